The lowest BCUT2D eigenvalue weighted by Crippen LogP contribution is -2.42. The Kier molecular flexibility index (Phi) is 3.39. The average Bonchev–Trinajstić information content (AvgIpc) is 2.28. The number of nitrogens with one attached hydrogen (secondary N) is 2. The SMILES string of the molecule is Cc1ccnc(NCC2(C)CCCNC2)n1. The first-order valence-corrected chi connectivity index (χ1v) is 5.92. The third kappa shape index (κ3) is 2.92. The molecule has 0 aliphatic carbocycles. The van der Waals surface area contributed by atoms with Crippen molar-refractivity contribution in [3.63, 3.8) is 0 Å². The molecule has 1 fully saturated rings. The summed E-state index contributed by atoms with van der Waals surface area (Å²) in [7, 11) is 0. The van der Waals surface area contributed by atoms with Gasteiger partial charge in [0.25, 0.3) is 0 Å². The van der Waals surface area contributed by atoms with Crippen LogP contribution in [0.25, 0.3) is 0 Å². The van der Waals surface area contributed by atoms with Crippen LogP contribution in [0, 0.1) is 12.3 Å². The van der Waals surface area contributed by atoms with Gasteiger partial charge in [-0.2, -0.15) is 0 Å². The molecule has 0 bridgehead atoms. The molecule has 88 valence electrons. The molecule has 1 unspecified atom stereocenters. The average molecular weight is 220 g/mol. The Labute approximate surface area is 96.9 Å². The molecule has 0 saturated carbocycles. The zero-order chi connectivity index (χ0) is 11.4. The fourth-order valence-electron chi connectivity index (χ4n) is 2.10. The van der Waals surface area contributed by atoms with E-state index in [1.165, 1.54) is 12.8 Å². The van der Waals surface area contributed by atoms with Gasteiger partial charge in [0.2, 0.25) is 5.95 Å². The normalized spacial score (nSPS) is 25.4. The van der Waals surface area contributed by atoms with Crippen LogP contribution in [0.1, 0.15) is 25.5 Å². The summed E-state index contributed by atoms with van der Waals surface area (Å²) in [6.07, 6.45) is 4.32. The molecule has 1 aliphatic heterocycles. The highest BCUT2D eigenvalue weighted by Crippen LogP contribution is 2.25. The van der Waals surface area contributed by atoms with E-state index in [9.17, 15) is 0 Å². The van der Waals surface area contributed by atoms with Gasteiger partial charge in [-0.15, -0.1) is 0 Å². The Bertz CT molecular complexity index is 345. The molecule has 2 rings (SSSR count). The molecule has 1 aromatic rings. The second-order valence-corrected chi connectivity index (χ2v) is 4.97. The molecule has 16 heavy (non-hydrogen) atoms. The summed E-state index contributed by atoms with van der Waals surface area (Å²) in [5.74, 6) is 0.742. The molecule has 1 aliphatic rings. The molecule has 0 spiro atoms. The van der Waals surface area contributed by atoms with Gasteiger partial charge in [0, 0.05) is 25.0 Å². The van der Waals surface area contributed by atoms with E-state index in [0.717, 1.165) is 31.3 Å². The predicted molar refractivity (Wildman–Crippen MR) is 65.5 cm³/mol. The van der Waals surface area contributed by atoms with Crippen LogP contribution in [0.3, 0.4) is 0 Å². The second-order valence-electron chi connectivity index (χ2n) is 4.97. The minimum atomic E-state index is 0.325. The molecule has 4 nitrogen and oxygen atoms in total. The first-order chi connectivity index (χ1) is 7.68. The van der Waals surface area contributed by atoms with Crippen molar-refractivity contribution in [2.24, 2.45) is 5.41 Å². The molecule has 2 heterocycles. The summed E-state index contributed by atoms with van der Waals surface area (Å²) >= 11 is 0. The minimum Gasteiger partial charge on any atom is -0.354 e. The maximum atomic E-state index is 4.35. The zero-order valence-corrected chi connectivity index (χ0v) is 10.1. The van der Waals surface area contributed by atoms with Crippen LogP contribution in [0.4, 0.5) is 5.95 Å². The molecule has 0 aromatic carbocycles. The van der Waals surface area contributed by atoms with Crippen molar-refractivity contribution in [3.8, 4) is 0 Å². The molecule has 4 heteroatoms. The van der Waals surface area contributed by atoms with E-state index in [1.54, 1.807) is 6.20 Å². The zero-order valence-electron chi connectivity index (χ0n) is 10.1. The number of hydrogen-bond donors (Lipinski definition) is 2. The first-order valence-electron chi connectivity index (χ1n) is 5.92. The molecule has 1 saturated heterocycles. The molecular weight excluding hydrogens is 200 g/mol. The fraction of sp³-hybridized carbons (Fsp3) is 0.667. The molecular formula is C12H20N4. The van der Waals surface area contributed by atoms with Crippen molar-refractivity contribution in [1.29, 1.82) is 0 Å². The predicted octanol–water partition coefficient (Wildman–Crippen LogP) is 1.59. The van der Waals surface area contributed by atoms with Crippen molar-refractivity contribution in [1.82, 2.24) is 15.3 Å². The van der Waals surface area contributed by atoms with Crippen LogP contribution in [-0.2, 0) is 0 Å². The number of piperidine rings is 1. The van der Waals surface area contributed by atoms with Crippen LogP contribution in [-0.4, -0.2) is 29.6 Å². The Balaban J connectivity index is 1.91. The fourth-order valence-corrected chi connectivity index (χ4v) is 2.10. The van der Waals surface area contributed by atoms with Gasteiger partial charge >= 0.3 is 0 Å². The van der Waals surface area contributed by atoms with E-state index in [0.29, 0.717) is 5.41 Å². The minimum absolute atomic E-state index is 0.325. The van der Waals surface area contributed by atoms with Gasteiger partial charge in [-0.25, -0.2) is 9.97 Å². The van der Waals surface area contributed by atoms with Gasteiger partial charge in [-0.05, 0) is 37.8 Å². The van der Waals surface area contributed by atoms with Crippen LogP contribution < -0.4 is 10.6 Å². The van der Waals surface area contributed by atoms with E-state index >= 15 is 0 Å². The Morgan fingerprint density at radius 3 is 3.12 bits per heavy atom. The largest absolute Gasteiger partial charge is 0.354 e. The monoisotopic (exact) mass is 220 g/mol. The maximum Gasteiger partial charge on any atom is 0.222 e. The molecule has 2 N–H and O–H groups in total. The Hall–Kier alpha value is -1.16. The topological polar surface area (TPSA) is 49.8 Å². The Morgan fingerprint density at radius 1 is 1.56 bits per heavy atom. The van der Waals surface area contributed by atoms with Crippen molar-refractivity contribution in [2.75, 3.05) is 25.0 Å². The molecule has 1 atom stereocenters. The van der Waals surface area contributed by atoms with Crippen LogP contribution in [0.5, 0.6) is 0 Å². The van der Waals surface area contributed by atoms with E-state index in [2.05, 4.69) is 27.5 Å². The third-order valence-electron chi connectivity index (χ3n) is 3.15. The Morgan fingerprint density at radius 2 is 2.44 bits per heavy atom. The number of aryl methyl sites for hydroxylation is 1. The van der Waals surface area contributed by atoms with Gasteiger partial charge in [0.05, 0.1) is 0 Å². The maximum absolute atomic E-state index is 4.35. The van der Waals surface area contributed by atoms with E-state index in [4.69, 9.17) is 0 Å². The number of hydrogen-bond acceptors (Lipinski definition) is 4. The van der Waals surface area contributed by atoms with Gasteiger partial charge in [-0.1, -0.05) is 6.92 Å². The van der Waals surface area contributed by atoms with Crippen LogP contribution in [0.2, 0.25) is 0 Å². The van der Waals surface area contributed by atoms with E-state index in [-0.39, 0.29) is 0 Å². The van der Waals surface area contributed by atoms with Crippen LogP contribution >= 0.6 is 0 Å². The van der Waals surface area contributed by atoms with E-state index < -0.39 is 0 Å². The highest BCUT2D eigenvalue weighted by Gasteiger charge is 2.26. The van der Waals surface area contributed by atoms with Gasteiger partial charge in [0.15, 0.2) is 0 Å². The number of nitrogens with zero attached hydrogens (tertiary/aromatic N) is 2. The van der Waals surface area contributed by atoms with Crippen molar-refractivity contribution in [3.05, 3.63) is 18.0 Å². The quantitative estimate of drug-likeness (QED) is 0.812. The first kappa shape index (κ1) is 11.3. The summed E-state index contributed by atoms with van der Waals surface area (Å²) in [5, 5.41) is 6.78. The third-order valence-corrected chi connectivity index (χ3v) is 3.15. The summed E-state index contributed by atoms with van der Waals surface area (Å²) in [6.45, 7) is 7.45. The van der Waals surface area contributed by atoms with Crippen molar-refractivity contribution >= 4 is 5.95 Å². The standard InChI is InChI=1S/C12H20N4/c1-10-4-7-14-11(16-10)15-9-12(2)5-3-6-13-8-12/h4,7,13H,3,5-6,8-9H2,1-2H3,(H,14,15,16). The summed E-state index contributed by atoms with van der Waals surface area (Å²) < 4.78 is 0. The second kappa shape index (κ2) is 4.78. The van der Waals surface area contributed by atoms with Gasteiger partial charge < -0.3 is 10.6 Å². The van der Waals surface area contributed by atoms with Crippen LogP contribution in [0.15, 0.2) is 12.3 Å². The molecule has 1 aromatic heterocycles. The van der Waals surface area contributed by atoms with E-state index in [1.807, 2.05) is 13.0 Å². The van der Waals surface area contributed by atoms with Gasteiger partial charge in [0.1, 0.15) is 0 Å². The molecule has 0 amide bonds. The highest BCUT2D eigenvalue weighted by molar-refractivity contribution is 5.25. The summed E-state index contributed by atoms with van der Waals surface area (Å²) in [6, 6.07) is 1.91. The van der Waals surface area contributed by atoms with Gasteiger partial charge in [-0.3, -0.25) is 0 Å². The summed E-state index contributed by atoms with van der Waals surface area (Å²) in [5.41, 5.74) is 1.33. The van der Waals surface area contributed by atoms with Crippen molar-refractivity contribution < 1.29 is 0 Å². The lowest BCUT2D eigenvalue weighted by Gasteiger charge is -2.34. The number of aromatic nitrogens is 2. The lowest BCUT2D eigenvalue weighted by atomic mass is 9.83. The number of anilines is 1. The molecule has 0 radical (unpaired) electrons. The van der Waals surface area contributed by atoms with Crippen molar-refractivity contribution in [2.45, 2.75) is 26.7 Å². The number of rotatable bonds is 3. The smallest absolute Gasteiger partial charge is 0.222 e. The summed E-state index contributed by atoms with van der Waals surface area (Å²) in [4.78, 5) is 8.56. The highest BCUT2D eigenvalue weighted by atomic mass is 15.1. The lowest BCUT2D eigenvalue weighted by molar-refractivity contribution is 0.253.